The van der Waals surface area contributed by atoms with E-state index < -0.39 is 0 Å². The fourth-order valence-electron chi connectivity index (χ4n) is 5.09. The second kappa shape index (κ2) is 9.13. The fourth-order valence-corrected chi connectivity index (χ4v) is 5.09. The fraction of sp³-hybridized carbons (Fsp3) is 0.0625. The number of hydrogen-bond donors (Lipinski definition) is 0. The molecule has 4 aromatic carbocycles. The first-order valence-corrected chi connectivity index (χ1v) is 12.0. The molecule has 0 aliphatic carbocycles. The van der Waals surface area contributed by atoms with Crippen molar-refractivity contribution < 1.29 is 21.1 Å². The van der Waals surface area contributed by atoms with Gasteiger partial charge in [0.25, 0.3) is 0 Å². The molecule has 37 heavy (non-hydrogen) atoms. The second-order valence-corrected chi connectivity index (χ2v) is 9.17. The average molecular weight is 658 g/mol. The number of fused-ring (bicyclic) bond motifs is 16. The molecular formula is C32H22N4Pt. The SMILES string of the molecule is Cn1cc2nc1-c1[c-]c(ccc1)-c1ccccc1-c1cn(C)c(n1)-c1[c-]c(ccc1)-c1ccccc1-2.[Pt+2]. The average Bonchev–Trinajstić information content (AvgIpc) is 3.51. The number of imidazole rings is 2. The van der Waals surface area contributed by atoms with Gasteiger partial charge in [-0.15, -0.1) is 59.7 Å². The van der Waals surface area contributed by atoms with Gasteiger partial charge in [-0.05, 0) is 11.1 Å². The van der Waals surface area contributed by atoms with Crippen LogP contribution in [0.15, 0.2) is 97.3 Å². The third-order valence-corrected chi connectivity index (χ3v) is 6.81. The smallest absolute Gasteiger partial charge is 0.365 e. The number of benzene rings is 4. The Balaban J connectivity index is 0.00000252. The van der Waals surface area contributed by atoms with Crippen LogP contribution in [0.4, 0.5) is 0 Å². The van der Waals surface area contributed by atoms with Crippen LogP contribution in [0.1, 0.15) is 0 Å². The number of nitrogens with zero attached hydrogens (tertiary/aromatic N) is 4. The summed E-state index contributed by atoms with van der Waals surface area (Å²) in [5.41, 5.74) is 10.1. The minimum absolute atomic E-state index is 0. The molecule has 0 amide bonds. The largest absolute Gasteiger partial charge is 2.00 e. The zero-order chi connectivity index (χ0) is 24.2. The van der Waals surface area contributed by atoms with Gasteiger partial charge in [0.15, 0.2) is 0 Å². The third-order valence-electron chi connectivity index (χ3n) is 6.81. The van der Waals surface area contributed by atoms with E-state index in [1.807, 2.05) is 14.1 Å². The molecule has 0 N–H and O–H groups in total. The van der Waals surface area contributed by atoms with Crippen molar-refractivity contribution in [1.82, 2.24) is 19.1 Å². The molecule has 0 radical (unpaired) electrons. The number of aryl methyl sites for hydroxylation is 2. The molecule has 1 aliphatic rings. The number of rotatable bonds is 0. The number of aromatic nitrogens is 4. The van der Waals surface area contributed by atoms with Crippen molar-refractivity contribution in [3.63, 3.8) is 0 Å². The maximum absolute atomic E-state index is 5.08. The molecule has 180 valence electrons. The van der Waals surface area contributed by atoms with Crippen molar-refractivity contribution in [2.45, 2.75) is 0 Å². The molecule has 8 bridgehead atoms. The molecule has 5 heteroatoms. The maximum Gasteiger partial charge on any atom is 2.00 e. The van der Waals surface area contributed by atoms with Gasteiger partial charge >= 0.3 is 21.1 Å². The second-order valence-electron chi connectivity index (χ2n) is 9.17. The summed E-state index contributed by atoms with van der Waals surface area (Å²) in [4.78, 5) is 10.2. The van der Waals surface area contributed by atoms with Crippen LogP contribution in [0.25, 0.3) is 67.5 Å². The van der Waals surface area contributed by atoms with Crippen molar-refractivity contribution in [2.75, 3.05) is 0 Å². The van der Waals surface area contributed by atoms with Gasteiger partial charge in [0, 0.05) is 26.5 Å². The first kappa shape index (κ1) is 23.4. The summed E-state index contributed by atoms with van der Waals surface area (Å²) in [6.45, 7) is 0. The van der Waals surface area contributed by atoms with E-state index in [9.17, 15) is 0 Å². The molecule has 0 fully saturated rings. The minimum Gasteiger partial charge on any atom is -0.365 e. The van der Waals surface area contributed by atoms with Gasteiger partial charge in [-0.2, -0.15) is 0 Å². The standard InChI is InChI=1S/C32H22N4.Pt/c1-35-19-29-27-15-5-3-13-25(27)22-10-8-12-24(18-22)32-34-30(20-36(32)2)28-16-6-4-14-26(28)21-9-7-11-23(17-21)31(35)33-29;/h3-16,19-20H,1-2H3;/q-2;+2. The maximum atomic E-state index is 5.08. The molecule has 2 aromatic heterocycles. The Morgan fingerprint density at radius 3 is 1.30 bits per heavy atom. The first-order valence-electron chi connectivity index (χ1n) is 12.0. The van der Waals surface area contributed by atoms with E-state index in [1.165, 1.54) is 0 Å². The zero-order valence-corrected chi connectivity index (χ0v) is 22.6. The van der Waals surface area contributed by atoms with Crippen LogP contribution in [0.2, 0.25) is 0 Å². The van der Waals surface area contributed by atoms with Gasteiger partial charge in [-0.1, -0.05) is 70.8 Å². The predicted molar refractivity (Wildman–Crippen MR) is 144 cm³/mol. The van der Waals surface area contributed by atoms with Crippen LogP contribution in [0.5, 0.6) is 0 Å². The van der Waals surface area contributed by atoms with Gasteiger partial charge in [-0.25, -0.2) is 0 Å². The van der Waals surface area contributed by atoms with Crippen molar-refractivity contribution in [3.05, 3.63) is 109 Å². The Kier molecular flexibility index (Phi) is 5.77. The monoisotopic (exact) mass is 657 g/mol. The van der Waals surface area contributed by atoms with Crippen molar-refractivity contribution in [3.8, 4) is 67.5 Å². The molecule has 0 saturated heterocycles. The van der Waals surface area contributed by atoms with E-state index in [0.717, 1.165) is 67.5 Å². The first-order chi connectivity index (χ1) is 17.7. The van der Waals surface area contributed by atoms with E-state index in [2.05, 4.69) is 119 Å². The van der Waals surface area contributed by atoms with Crippen LogP contribution in [0.3, 0.4) is 0 Å². The third kappa shape index (κ3) is 3.89. The molecule has 0 unspecified atom stereocenters. The summed E-state index contributed by atoms with van der Waals surface area (Å²) in [5, 5.41) is 0. The summed E-state index contributed by atoms with van der Waals surface area (Å²) in [7, 11) is 4.08. The zero-order valence-electron chi connectivity index (χ0n) is 20.3. The molecule has 6 aromatic rings. The minimum atomic E-state index is 0. The summed E-state index contributed by atoms with van der Waals surface area (Å²) in [6, 6.07) is 36.5. The molecule has 7 rings (SSSR count). The topological polar surface area (TPSA) is 35.6 Å². The molecular weight excluding hydrogens is 635 g/mol. The van der Waals surface area contributed by atoms with Crippen LogP contribution >= 0.6 is 0 Å². The Morgan fingerprint density at radius 1 is 0.486 bits per heavy atom. The predicted octanol–water partition coefficient (Wildman–Crippen LogP) is 7.07. The van der Waals surface area contributed by atoms with Crippen LogP contribution in [-0.2, 0) is 35.2 Å². The van der Waals surface area contributed by atoms with Crippen LogP contribution in [-0.4, -0.2) is 19.1 Å². The molecule has 0 saturated carbocycles. The van der Waals surface area contributed by atoms with Crippen LogP contribution < -0.4 is 0 Å². The van der Waals surface area contributed by atoms with Crippen LogP contribution in [0, 0.1) is 12.1 Å². The van der Waals surface area contributed by atoms with E-state index in [4.69, 9.17) is 9.97 Å². The Morgan fingerprint density at radius 2 is 0.865 bits per heavy atom. The van der Waals surface area contributed by atoms with Gasteiger partial charge < -0.3 is 9.13 Å². The van der Waals surface area contributed by atoms with Crippen molar-refractivity contribution in [1.29, 1.82) is 0 Å². The summed E-state index contributed by atoms with van der Waals surface area (Å²) < 4.78 is 4.16. The van der Waals surface area contributed by atoms with Crippen molar-refractivity contribution in [2.24, 2.45) is 14.1 Å². The van der Waals surface area contributed by atoms with E-state index in [-0.39, 0.29) is 21.1 Å². The Bertz CT molecular complexity index is 1640. The van der Waals surface area contributed by atoms with Gasteiger partial charge in [-0.3, -0.25) is 9.97 Å². The molecule has 4 nitrogen and oxygen atoms in total. The van der Waals surface area contributed by atoms with Crippen molar-refractivity contribution >= 4 is 0 Å². The number of hydrogen-bond acceptors (Lipinski definition) is 2. The molecule has 0 atom stereocenters. The quantitative estimate of drug-likeness (QED) is 0.164. The van der Waals surface area contributed by atoms with E-state index >= 15 is 0 Å². The van der Waals surface area contributed by atoms with E-state index in [1.54, 1.807) is 0 Å². The van der Waals surface area contributed by atoms with Gasteiger partial charge in [0.05, 0.1) is 23.0 Å². The molecule has 0 spiro atoms. The Labute approximate surface area is 230 Å². The molecule has 3 heterocycles. The summed E-state index contributed by atoms with van der Waals surface area (Å²) in [5.74, 6) is 1.76. The molecule has 1 aliphatic heterocycles. The van der Waals surface area contributed by atoms with Gasteiger partial charge in [0.2, 0.25) is 0 Å². The summed E-state index contributed by atoms with van der Waals surface area (Å²) >= 11 is 0. The Hall–Kier alpha value is -4.01. The van der Waals surface area contributed by atoms with E-state index in [0.29, 0.717) is 0 Å². The van der Waals surface area contributed by atoms with Gasteiger partial charge in [0.1, 0.15) is 0 Å². The normalized spacial score (nSPS) is 11.3. The summed E-state index contributed by atoms with van der Waals surface area (Å²) in [6.07, 6.45) is 4.18.